The normalized spacial score (nSPS) is 16.5. The van der Waals surface area contributed by atoms with Crippen LogP contribution in [-0.2, 0) is 0 Å². The van der Waals surface area contributed by atoms with Crippen LogP contribution in [0.15, 0.2) is 30.5 Å². The van der Waals surface area contributed by atoms with Gasteiger partial charge in [-0.1, -0.05) is 17.7 Å². The highest BCUT2D eigenvalue weighted by Gasteiger charge is 2.18. The quantitative estimate of drug-likeness (QED) is 0.866. The molecule has 1 aliphatic rings. The number of likely N-dealkylation sites (tertiary alicyclic amines) is 1. The largest absolute Gasteiger partial charge is 0.476 e. The van der Waals surface area contributed by atoms with E-state index in [0.29, 0.717) is 17.5 Å². The van der Waals surface area contributed by atoms with Crippen molar-refractivity contribution in [3.8, 4) is 11.9 Å². The van der Waals surface area contributed by atoms with Gasteiger partial charge in [-0.05, 0) is 49.5 Å². The van der Waals surface area contributed by atoms with Gasteiger partial charge in [0.15, 0.2) is 0 Å². The summed E-state index contributed by atoms with van der Waals surface area (Å²) in [6.07, 6.45) is 3.67. The monoisotopic (exact) mass is 315 g/mol. The smallest absolute Gasteiger partial charge is 0.221 e. The Labute approximate surface area is 135 Å². The Kier molecular flexibility index (Phi) is 4.77. The van der Waals surface area contributed by atoms with E-state index in [1.54, 1.807) is 6.20 Å². The fraction of sp³-hybridized carbons (Fsp3) is 0.412. The summed E-state index contributed by atoms with van der Waals surface area (Å²) in [5.41, 5.74) is 0. The minimum Gasteiger partial charge on any atom is -0.476 e. The molecule has 0 unspecified atom stereocenters. The van der Waals surface area contributed by atoms with E-state index in [0.717, 1.165) is 43.2 Å². The van der Waals surface area contributed by atoms with Crippen molar-refractivity contribution < 1.29 is 4.74 Å². The van der Waals surface area contributed by atoms with Crippen molar-refractivity contribution in [3.63, 3.8) is 0 Å². The van der Waals surface area contributed by atoms with Gasteiger partial charge in [0.05, 0.1) is 6.07 Å². The molecule has 1 saturated heterocycles. The van der Waals surface area contributed by atoms with Crippen LogP contribution in [0.3, 0.4) is 0 Å². The van der Waals surface area contributed by atoms with Crippen LogP contribution in [0.1, 0.15) is 12.8 Å². The number of nitriles is 1. The molecule has 0 N–H and O–H groups in total. The van der Waals surface area contributed by atoms with Gasteiger partial charge >= 0.3 is 0 Å². The van der Waals surface area contributed by atoms with E-state index >= 15 is 0 Å². The predicted octanol–water partition coefficient (Wildman–Crippen LogP) is 3.50. The fourth-order valence-corrected chi connectivity index (χ4v) is 2.96. The van der Waals surface area contributed by atoms with E-state index < -0.39 is 0 Å². The average Bonchev–Trinajstić information content (AvgIpc) is 2.56. The minimum absolute atomic E-state index is 0.221. The second-order valence-corrected chi connectivity index (χ2v) is 6.01. The number of rotatable bonds is 4. The van der Waals surface area contributed by atoms with Crippen LogP contribution in [0, 0.1) is 17.2 Å². The third-order valence-corrected chi connectivity index (χ3v) is 4.34. The van der Waals surface area contributed by atoms with Crippen molar-refractivity contribution in [2.45, 2.75) is 12.8 Å². The van der Waals surface area contributed by atoms with Crippen molar-refractivity contribution in [2.75, 3.05) is 26.2 Å². The van der Waals surface area contributed by atoms with Gasteiger partial charge < -0.3 is 4.74 Å². The lowest BCUT2D eigenvalue weighted by Crippen LogP contribution is -2.36. The molecule has 1 aromatic carbocycles. The first kappa shape index (κ1) is 15.1. The third kappa shape index (κ3) is 3.49. The second-order valence-electron chi connectivity index (χ2n) is 5.58. The molecule has 0 amide bonds. The van der Waals surface area contributed by atoms with E-state index in [9.17, 15) is 0 Å². The van der Waals surface area contributed by atoms with Crippen LogP contribution in [0.25, 0.3) is 10.8 Å². The second kappa shape index (κ2) is 6.95. The van der Waals surface area contributed by atoms with Gasteiger partial charge in [-0.3, -0.25) is 4.90 Å². The molecule has 114 valence electrons. The highest BCUT2D eigenvalue weighted by Crippen LogP contribution is 2.26. The summed E-state index contributed by atoms with van der Waals surface area (Å²) in [5, 5.41) is 11.6. The highest BCUT2D eigenvalue weighted by molar-refractivity contribution is 6.31. The molecule has 4 nitrogen and oxygen atoms in total. The molecule has 0 saturated carbocycles. The molecule has 2 aromatic rings. The number of nitrogens with zero attached hydrogens (tertiary/aromatic N) is 3. The molecular formula is C17H18ClN3O. The van der Waals surface area contributed by atoms with Crippen LogP contribution in [-0.4, -0.2) is 36.1 Å². The van der Waals surface area contributed by atoms with E-state index in [2.05, 4.69) is 16.0 Å². The molecule has 22 heavy (non-hydrogen) atoms. The number of piperidine rings is 1. The number of hydrogen-bond donors (Lipinski definition) is 0. The topological polar surface area (TPSA) is 49.2 Å². The zero-order valence-corrected chi connectivity index (χ0v) is 13.1. The first-order valence-corrected chi connectivity index (χ1v) is 7.93. The van der Waals surface area contributed by atoms with Crippen LogP contribution in [0.5, 0.6) is 5.88 Å². The lowest BCUT2D eigenvalue weighted by atomic mass is 9.99. The van der Waals surface area contributed by atoms with Gasteiger partial charge in [0.25, 0.3) is 0 Å². The zero-order valence-electron chi connectivity index (χ0n) is 12.3. The average molecular weight is 316 g/mol. The molecular weight excluding hydrogens is 298 g/mol. The van der Waals surface area contributed by atoms with Crippen molar-refractivity contribution in [1.82, 2.24) is 9.88 Å². The Hall–Kier alpha value is -1.83. The number of pyridine rings is 1. The molecule has 5 heteroatoms. The highest BCUT2D eigenvalue weighted by atomic mass is 35.5. The standard InChI is InChI=1S/C17H18ClN3O/c18-15-2-1-14-3-6-20-17(16(14)11-15)22-10-9-21-7-4-13(12-19)5-8-21/h1-3,6,11,13H,4-5,7-10H2. The molecule has 0 bridgehead atoms. The van der Waals surface area contributed by atoms with Crippen LogP contribution in [0.4, 0.5) is 0 Å². The molecule has 0 aliphatic carbocycles. The molecule has 0 atom stereocenters. The molecule has 1 fully saturated rings. The molecule has 2 heterocycles. The number of halogens is 1. The van der Waals surface area contributed by atoms with Crippen molar-refractivity contribution in [3.05, 3.63) is 35.5 Å². The first-order chi connectivity index (χ1) is 10.8. The number of aromatic nitrogens is 1. The summed E-state index contributed by atoms with van der Waals surface area (Å²) in [5.74, 6) is 0.853. The fourth-order valence-electron chi connectivity index (χ4n) is 2.79. The lowest BCUT2D eigenvalue weighted by Gasteiger charge is -2.28. The number of hydrogen-bond acceptors (Lipinski definition) is 4. The SMILES string of the molecule is N#CC1CCN(CCOc2nccc3ccc(Cl)cc23)CC1. The van der Waals surface area contributed by atoms with E-state index in [1.807, 2.05) is 24.3 Å². The number of fused-ring (bicyclic) bond motifs is 1. The number of ether oxygens (including phenoxy) is 1. The summed E-state index contributed by atoms with van der Waals surface area (Å²) in [7, 11) is 0. The van der Waals surface area contributed by atoms with Gasteiger partial charge in [0.2, 0.25) is 5.88 Å². The Morgan fingerprint density at radius 2 is 2.14 bits per heavy atom. The maximum atomic E-state index is 8.91. The van der Waals surface area contributed by atoms with E-state index in [4.69, 9.17) is 21.6 Å². The third-order valence-electron chi connectivity index (χ3n) is 4.11. The first-order valence-electron chi connectivity index (χ1n) is 7.55. The Bertz CT molecular complexity index is 690. The predicted molar refractivity (Wildman–Crippen MR) is 87.0 cm³/mol. The van der Waals surface area contributed by atoms with Crippen LogP contribution >= 0.6 is 11.6 Å². The molecule has 3 rings (SSSR count). The van der Waals surface area contributed by atoms with E-state index in [1.165, 1.54) is 0 Å². The van der Waals surface area contributed by atoms with Gasteiger partial charge in [-0.2, -0.15) is 5.26 Å². The Morgan fingerprint density at radius 1 is 1.32 bits per heavy atom. The van der Waals surface area contributed by atoms with Crippen molar-refractivity contribution in [1.29, 1.82) is 5.26 Å². The summed E-state index contributed by atoms with van der Waals surface area (Å²) in [4.78, 5) is 6.65. The zero-order chi connectivity index (χ0) is 15.4. The van der Waals surface area contributed by atoms with Gasteiger partial charge in [-0.25, -0.2) is 4.98 Å². The summed E-state index contributed by atoms with van der Waals surface area (Å²) in [6.45, 7) is 3.39. The molecule has 0 spiro atoms. The molecule has 1 aromatic heterocycles. The maximum absolute atomic E-state index is 8.91. The molecule has 0 radical (unpaired) electrons. The lowest BCUT2D eigenvalue weighted by molar-refractivity contribution is 0.167. The Balaban J connectivity index is 1.58. The summed E-state index contributed by atoms with van der Waals surface area (Å²) < 4.78 is 5.85. The van der Waals surface area contributed by atoms with Gasteiger partial charge in [-0.15, -0.1) is 0 Å². The van der Waals surface area contributed by atoms with E-state index in [-0.39, 0.29) is 5.92 Å². The van der Waals surface area contributed by atoms with Gasteiger partial charge in [0.1, 0.15) is 6.61 Å². The maximum Gasteiger partial charge on any atom is 0.221 e. The summed E-state index contributed by atoms with van der Waals surface area (Å²) in [6, 6.07) is 10.0. The summed E-state index contributed by atoms with van der Waals surface area (Å²) >= 11 is 6.06. The molecule has 1 aliphatic heterocycles. The van der Waals surface area contributed by atoms with Gasteiger partial charge in [0, 0.05) is 29.1 Å². The van der Waals surface area contributed by atoms with Crippen LogP contribution < -0.4 is 4.74 Å². The number of benzene rings is 1. The Morgan fingerprint density at radius 3 is 2.91 bits per heavy atom. The minimum atomic E-state index is 0.221. The van der Waals surface area contributed by atoms with Crippen molar-refractivity contribution >= 4 is 22.4 Å². The van der Waals surface area contributed by atoms with Crippen molar-refractivity contribution in [2.24, 2.45) is 5.92 Å². The van der Waals surface area contributed by atoms with Crippen LogP contribution in [0.2, 0.25) is 5.02 Å².